The highest BCUT2D eigenvalue weighted by Gasteiger charge is 2.20. The lowest BCUT2D eigenvalue weighted by molar-refractivity contribution is -0.135. The number of carbonyl (C=O) groups is 2. The number of hydrogen-bond acceptors (Lipinski definition) is 5. The van der Waals surface area contributed by atoms with Crippen LogP contribution < -0.4 is 10.1 Å². The Kier molecular flexibility index (Phi) is 7.81. The summed E-state index contributed by atoms with van der Waals surface area (Å²) in [5.41, 5.74) is 1.17. The molecule has 1 heterocycles. The smallest absolute Gasteiger partial charge is 0.273 e. The largest absolute Gasteiger partial charge is 0.484 e. The molecule has 0 fully saturated rings. The molecule has 7 heteroatoms. The molecule has 2 amide bonds. The van der Waals surface area contributed by atoms with Crippen molar-refractivity contribution in [1.29, 1.82) is 0 Å². The fourth-order valence-electron chi connectivity index (χ4n) is 2.86. The van der Waals surface area contributed by atoms with Gasteiger partial charge in [-0.3, -0.25) is 9.59 Å². The molecule has 0 aliphatic rings. The standard InChI is InChI=1S/C24H27N3O4/c1-18(2)14-25-24(29)22-13-21(31-26-22)16-27(15-19-9-5-3-6-10-19)23(28)17-30-20-11-7-4-8-12-20/h3-13,18H,14-17H2,1-2H3,(H,25,29). The summed E-state index contributed by atoms with van der Waals surface area (Å²) in [7, 11) is 0. The lowest BCUT2D eigenvalue weighted by Gasteiger charge is -2.21. The minimum atomic E-state index is -0.294. The summed E-state index contributed by atoms with van der Waals surface area (Å²) >= 11 is 0. The van der Waals surface area contributed by atoms with Crippen LogP contribution in [-0.2, 0) is 17.9 Å². The molecule has 0 aliphatic heterocycles. The molecular weight excluding hydrogens is 394 g/mol. The number of nitrogens with one attached hydrogen (secondary N) is 1. The number of ether oxygens (including phenoxy) is 1. The van der Waals surface area contributed by atoms with Crippen LogP contribution in [0.25, 0.3) is 0 Å². The molecule has 0 spiro atoms. The third-order valence-electron chi connectivity index (χ3n) is 4.48. The molecule has 31 heavy (non-hydrogen) atoms. The minimum absolute atomic E-state index is 0.104. The highest BCUT2D eigenvalue weighted by atomic mass is 16.5. The van der Waals surface area contributed by atoms with E-state index in [1.807, 2.05) is 62.4 Å². The fourth-order valence-corrected chi connectivity index (χ4v) is 2.86. The second-order valence-electron chi connectivity index (χ2n) is 7.62. The highest BCUT2D eigenvalue weighted by molar-refractivity contribution is 5.92. The van der Waals surface area contributed by atoms with E-state index in [1.165, 1.54) is 0 Å². The first-order valence-electron chi connectivity index (χ1n) is 10.2. The summed E-state index contributed by atoms with van der Waals surface area (Å²) in [4.78, 5) is 26.7. The quantitative estimate of drug-likeness (QED) is 0.540. The Balaban J connectivity index is 1.67. The molecule has 3 aromatic rings. The Morgan fingerprint density at radius 1 is 1.03 bits per heavy atom. The van der Waals surface area contributed by atoms with Gasteiger partial charge in [-0.15, -0.1) is 0 Å². The summed E-state index contributed by atoms with van der Waals surface area (Å²) < 4.78 is 10.9. The average Bonchev–Trinajstić information content (AvgIpc) is 3.25. The van der Waals surface area contributed by atoms with E-state index >= 15 is 0 Å². The van der Waals surface area contributed by atoms with Crippen LogP contribution in [0.3, 0.4) is 0 Å². The lowest BCUT2D eigenvalue weighted by Crippen LogP contribution is -2.34. The molecule has 162 valence electrons. The molecule has 0 unspecified atom stereocenters. The molecule has 0 bridgehead atoms. The van der Waals surface area contributed by atoms with Gasteiger partial charge >= 0.3 is 0 Å². The fraction of sp³-hybridized carbons (Fsp3) is 0.292. The van der Waals surface area contributed by atoms with E-state index in [-0.39, 0.29) is 30.7 Å². The first kappa shape index (κ1) is 22.1. The van der Waals surface area contributed by atoms with Crippen molar-refractivity contribution in [2.75, 3.05) is 13.2 Å². The van der Waals surface area contributed by atoms with E-state index < -0.39 is 0 Å². The van der Waals surface area contributed by atoms with Crippen LogP contribution >= 0.6 is 0 Å². The van der Waals surface area contributed by atoms with Crippen molar-refractivity contribution in [2.24, 2.45) is 5.92 Å². The second-order valence-corrected chi connectivity index (χ2v) is 7.62. The van der Waals surface area contributed by atoms with Gasteiger partial charge in [0.1, 0.15) is 5.75 Å². The summed E-state index contributed by atoms with van der Waals surface area (Å²) in [6.45, 7) is 5.03. The summed E-state index contributed by atoms with van der Waals surface area (Å²) in [6.07, 6.45) is 0. The van der Waals surface area contributed by atoms with Crippen molar-refractivity contribution in [1.82, 2.24) is 15.4 Å². The Bertz CT molecular complexity index is 971. The third kappa shape index (κ3) is 6.99. The van der Waals surface area contributed by atoms with Crippen molar-refractivity contribution in [2.45, 2.75) is 26.9 Å². The first-order valence-corrected chi connectivity index (χ1v) is 10.2. The Labute approximate surface area is 182 Å². The van der Waals surface area contributed by atoms with E-state index in [4.69, 9.17) is 9.26 Å². The predicted octanol–water partition coefficient (Wildman–Crippen LogP) is 3.67. The van der Waals surface area contributed by atoms with Gasteiger partial charge in [0.2, 0.25) is 0 Å². The zero-order valence-electron chi connectivity index (χ0n) is 17.8. The number of rotatable bonds is 10. The van der Waals surface area contributed by atoms with Gasteiger partial charge in [-0.25, -0.2) is 0 Å². The van der Waals surface area contributed by atoms with E-state index in [9.17, 15) is 9.59 Å². The SMILES string of the molecule is CC(C)CNC(=O)c1cc(CN(Cc2ccccc2)C(=O)COc2ccccc2)on1. The third-order valence-corrected chi connectivity index (χ3v) is 4.48. The van der Waals surface area contributed by atoms with Gasteiger partial charge in [0.25, 0.3) is 11.8 Å². The van der Waals surface area contributed by atoms with Crippen LogP contribution in [0, 0.1) is 5.92 Å². The van der Waals surface area contributed by atoms with Gasteiger partial charge in [0.15, 0.2) is 18.1 Å². The lowest BCUT2D eigenvalue weighted by atomic mass is 10.2. The van der Waals surface area contributed by atoms with E-state index in [1.54, 1.807) is 23.1 Å². The zero-order valence-corrected chi connectivity index (χ0v) is 17.8. The number of amides is 2. The van der Waals surface area contributed by atoms with Crippen molar-refractivity contribution in [3.8, 4) is 5.75 Å². The highest BCUT2D eigenvalue weighted by Crippen LogP contribution is 2.14. The van der Waals surface area contributed by atoms with Crippen LogP contribution in [0.2, 0.25) is 0 Å². The monoisotopic (exact) mass is 421 g/mol. The summed E-state index contributed by atoms with van der Waals surface area (Å²) in [5, 5.41) is 6.65. The van der Waals surface area contributed by atoms with Crippen LogP contribution in [-0.4, -0.2) is 35.0 Å². The zero-order chi connectivity index (χ0) is 22.1. The van der Waals surface area contributed by atoms with Crippen LogP contribution in [0.1, 0.15) is 35.7 Å². The molecule has 3 rings (SSSR count). The molecule has 1 aromatic heterocycles. The van der Waals surface area contributed by atoms with Gasteiger partial charge in [-0.1, -0.05) is 67.5 Å². The number of aromatic nitrogens is 1. The molecular formula is C24H27N3O4. The maximum Gasteiger partial charge on any atom is 0.273 e. The van der Waals surface area contributed by atoms with Gasteiger partial charge in [0.05, 0.1) is 6.54 Å². The number of carbonyl (C=O) groups excluding carboxylic acids is 2. The summed E-state index contributed by atoms with van der Waals surface area (Å²) in [6, 6.07) is 20.4. The normalized spacial score (nSPS) is 10.7. The number of hydrogen-bond donors (Lipinski definition) is 1. The van der Waals surface area contributed by atoms with Crippen LogP contribution in [0.15, 0.2) is 71.3 Å². The molecule has 1 N–H and O–H groups in total. The number of nitrogens with zero attached hydrogens (tertiary/aromatic N) is 2. The van der Waals surface area contributed by atoms with E-state index in [0.29, 0.717) is 30.5 Å². The molecule has 7 nitrogen and oxygen atoms in total. The maximum atomic E-state index is 12.9. The van der Waals surface area contributed by atoms with Gasteiger partial charge in [0, 0.05) is 19.2 Å². The Morgan fingerprint density at radius 3 is 2.39 bits per heavy atom. The van der Waals surface area contributed by atoms with Gasteiger partial charge in [-0.2, -0.15) is 0 Å². The molecule has 0 atom stereocenters. The molecule has 0 saturated carbocycles. The number of para-hydroxylation sites is 1. The Morgan fingerprint density at radius 2 is 1.71 bits per heavy atom. The van der Waals surface area contributed by atoms with Crippen molar-refractivity contribution >= 4 is 11.8 Å². The topological polar surface area (TPSA) is 84.7 Å². The first-order chi connectivity index (χ1) is 15.0. The van der Waals surface area contributed by atoms with Crippen LogP contribution in [0.4, 0.5) is 0 Å². The predicted molar refractivity (Wildman–Crippen MR) is 116 cm³/mol. The molecule has 0 saturated heterocycles. The molecule has 0 radical (unpaired) electrons. The molecule has 0 aliphatic carbocycles. The van der Waals surface area contributed by atoms with Gasteiger partial charge in [-0.05, 0) is 23.6 Å². The van der Waals surface area contributed by atoms with E-state index in [0.717, 1.165) is 5.56 Å². The minimum Gasteiger partial charge on any atom is -0.484 e. The van der Waals surface area contributed by atoms with E-state index in [2.05, 4.69) is 10.5 Å². The van der Waals surface area contributed by atoms with Crippen molar-refractivity contribution in [3.05, 3.63) is 83.7 Å². The van der Waals surface area contributed by atoms with Crippen molar-refractivity contribution in [3.63, 3.8) is 0 Å². The van der Waals surface area contributed by atoms with Crippen molar-refractivity contribution < 1.29 is 18.8 Å². The molecule has 2 aromatic carbocycles. The van der Waals surface area contributed by atoms with Gasteiger partial charge < -0.3 is 19.5 Å². The van der Waals surface area contributed by atoms with Crippen LogP contribution in [0.5, 0.6) is 5.75 Å². The summed E-state index contributed by atoms with van der Waals surface area (Å²) in [5.74, 6) is 0.892. The second kappa shape index (κ2) is 11.0. The Hall–Kier alpha value is -3.61. The average molecular weight is 421 g/mol. The number of benzene rings is 2. The maximum absolute atomic E-state index is 12.9.